The minimum absolute atomic E-state index is 0.517. The van der Waals surface area contributed by atoms with E-state index in [1.54, 1.807) is 7.11 Å². The monoisotopic (exact) mass is 334 g/mol. The predicted molar refractivity (Wildman–Crippen MR) is 107 cm³/mol. The highest BCUT2D eigenvalue weighted by molar-refractivity contribution is 5.58. The van der Waals surface area contributed by atoms with E-state index >= 15 is 0 Å². The summed E-state index contributed by atoms with van der Waals surface area (Å²) in [5.41, 5.74) is 1.88. The lowest BCUT2D eigenvalue weighted by molar-refractivity contribution is 0.0691. The van der Waals surface area contributed by atoms with Crippen LogP contribution in [0.1, 0.15) is 84.8 Å². The summed E-state index contributed by atoms with van der Waals surface area (Å²) in [5, 5.41) is 9.67. The number of allylic oxidation sites excluding steroid dienone is 1. The molecular formula is C22H38O2. The van der Waals surface area contributed by atoms with E-state index in [2.05, 4.69) is 58.9 Å². The van der Waals surface area contributed by atoms with Gasteiger partial charge in [-0.1, -0.05) is 52.8 Å². The number of unbranched alkanes of at least 4 members (excludes halogenated alkanes) is 1. The molecule has 24 heavy (non-hydrogen) atoms. The fourth-order valence-electron chi connectivity index (χ4n) is 2.11. The number of ether oxygens (including phenoxy) is 1. The highest BCUT2D eigenvalue weighted by atomic mass is 16.5. The van der Waals surface area contributed by atoms with Crippen molar-refractivity contribution in [2.75, 3.05) is 7.11 Å². The van der Waals surface area contributed by atoms with Crippen LogP contribution in [0.15, 0.2) is 24.3 Å². The van der Waals surface area contributed by atoms with Gasteiger partial charge in [-0.15, -0.1) is 0 Å². The van der Waals surface area contributed by atoms with Gasteiger partial charge in [0.2, 0.25) is 0 Å². The maximum absolute atomic E-state index is 9.67. The van der Waals surface area contributed by atoms with E-state index in [1.807, 2.05) is 19.9 Å². The Hall–Kier alpha value is -1.28. The van der Waals surface area contributed by atoms with Crippen molar-refractivity contribution in [3.8, 4) is 5.75 Å². The Balaban J connectivity index is 0.00000118. The van der Waals surface area contributed by atoms with E-state index < -0.39 is 5.60 Å². The van der Waals surface area contributed by atoms with Gasteiger partial charge in [-0.3, -0.25) is 0 Å². The van der Waals surface area contributed by atoms with Gasteiger partial charge in [0.05, 0.1) is 12.7 Å². The van der Waals surface area contributed by atoms with Crippen molar-refractivity contribution in [2.45, 2.75) is 79.2 Å². The van der Waals surface area contributed by atoms with Crippen LogP contribution in [0, 0.1) is 5.92 Å². The summed E-state index contributed by atoms with van der Waals surface area (Å²) >= 11 is 0. The van der Waals surface area contributed by atoms with Crippen LogP contribution < -0.4 is 4.74 Å². The molecule has 0 aliphatic heterocycles. The van der Waals surface area contributed by atoms with Gasteiger partial charge in [0.1, 0.15) is 5.75 Å². The van der Waals surface area contributed by atoms with Gasteiger partial charge in [0.15, 0.2) is 0 Å². The molecular weight excluding hydrogens is 296 g/mol. The van der Waals surface area contributed by atoms with E-state index in [0.717, 1.165) is 36.5 Å². The van der Waals surface area contributed by atoms with Crippen molar-refractivity contribution in [3.63, 3.8) is 0 Å². The van der Waals surface area contributed by atoms with Gasteiger partial charge in [-0.25, -0.2) is 0 Å². The van der Waals surface area contributed by atoms with Crippen LogP contribution in [-0.4, -0.2) is 17.8 Å². The Morgan fingerprint density at radius 1 is 1.12 bits per heavy atom. The highest BCUT2D eigenvalue weighted by Crippen LogP contribution is 2.25. The van der Waals surface area contributed by atoms with Crippen molar-refractivity contribution in [3.05, 3.63) is 35.4 Å². The lowest BCUT2D eigenvalue weighted by atomic mass is 9.99. The van der Waals surface area contributed by atoms with Crippen molar-refractivity contribution in [1.82, 2.24) is 0 Å². The van der Waals surface area contributed by atoms with Gasteiger partial charge >= 0.3 is 0 Å². The van der Waals surface area contributed by atoms with Gasteiger partial charge in [-0.2, -0.15) is 0 Å². The van der Waals surface area contributed by atoms with E-state index in [4.69, 9.17) is 4.74 Å². The van der Waals surface area contributed by atoms with Crippen LogP contribution in [0.4, 0.5) is 0 Å². The molecule has 0 aliphatic rings. The summed E-state index contributed by atoms with van der Waals surface area (Å²) in [5.74, 6) is 2.26. The standard InChI is InChI=1S/C18H28O2.C4H10/c1-14(2)15-10-11-17(20-5)16(13-15)9-7-6-8-12-18(3,4)19;1-4(2)3/h7,9-11,13-14,19H,6,8,12H2,1-5H3;4H,1-3H3/b9-7+;. The van der Waals surface area contributed by atoms with Gasteiger partial charge in [0, 0.05) is 5.56 Å². The molecule has 0 heterocycles. The molecule has 2 heteroatoms. The summed E-state index contributed by atoms with van der Waals surface area (Å²) in [6.07, 6.45) is 7.06. The van der Waals surface area contributed by atoms with Crippen LogP contribution in [-0.2, 0) is 0 Å². The Bertz CT molecular complexity index is 476. The molecule has 2 nitrogen and oxygen atoms in total. The number of rotatable bonds is 7. The lowest BCUT2D eigenvalue weighted by Crippen LogP contribution is -2.17. The second-order valence-corrected chi connectivity index (χ2v) is 8.00. The average molecular weight is 335 g/mol. The molecule has 1 aromatic rings. The molecule has 0 radical (unpaired) electrons. The molecule has 1 N–H and O–H groups in total. The third kappa shape index (κ3) is 11.3. The molecule has 1 aromatic carbocycles. The van der Waals surface area contributed by atoms with Crippen molar-refractivity contribution >= 4 is 6.08 Å². The molecule has 138 valence electrons. The number of hydrogen-bond acceptors (Lipinski definition) is 2. The van der Waals surface area contributed by atoms with Crippen LogP contribution in [0.5, 0.6) is 5.75 Å². The third-order valence-corrected chi connectivity index (χ3v) is 3.38. The minimum Gasteiger partial charge on any atom is -0.496 e. The SMILES string of the molecule is CC(C)C.COc1ccc(C(C)C)cc1/C=C/CCCC(C)(C)O. The highest BCUT2D eigenvalue weighted by Gasteiger charge is 2.10. The lowest BCUT2D eigenvalue weighted by Gasteiger charge is -2.15. The third-order valence-electron chi connectivity index (χ3n) is 3.38. The normalized spacial score (nSPS) is 11.8. The topological polar surface area (TPSA) is 29.5 Å². The quantitative estimate of drug-likeness (QED) is 0.582. The van der Waals surface area contributed by atoms with Crippen LogP contribution in [0.2, 0.25) is 0 Å². The summed E-state index contributed by atoms with van der Waals surface area (Å²) in [6, 6.07) is 6.34. The van der Waals surface area contributed by atoms with Gasteiger partial charge in [-0.05, 0) is 62.6 Å². The van der Waals surface area contributed by atoms with E-state index in [-0.39, 0.29) is 0 Å². The maximum atomic E-state index is 9.67. The Morgan fingerprint density at radius 3 is 2.17 bits per heavy atom. The number of benzene rings is 1. The molecule has 0 saturated carbocycles. The first kappa shape index (κ1) is 22.7. The number of methoxy groups -OCH3 is 1. The molecule has 0 amide bonds. The zero-order valence-corrected chi connectivity index (χ0v) is 17.0. The molecule has 0 aromatic heterocycles. The fourth-order valence-corrected chi connectivity index (χ4v) is 2.11. The second-order valence-electron chi connectivity index (χ2n) is 8.00. The molecule has 0 spiro atoms. The largest absolute Gasteiger partial charge is 0.496 e. The summed E-state index contributed by atoms with van der Waals surface area (Å²) in [7, 11) is 1.70. The molecule has 0 saturated heterocycles. The average Bonchev–Trinajstić information content (AvgIpc) is 2.44. The zero-order valence-electron chi connectivity index (χ0n) is 17.0. The maximum Gasteiger partial charge on any atom is 0.126 e. The zero-order chi connectivity index (χ0) is 18.8. The molecule has 0 aliphatic carbocycles. The summed E-state index contributed by atoms with van der Waals surface area (Å²) < 4.78 is 5.40. The van der Waals surface area contributed by atoms with E-state index in [0.29, 0.717) is 5.92 Å². The van der Waals surface area contributed by atoms with Gasteiger partial charge < -0.3 is 9.84 Å². The van der Waals surface area contributed by atoms with Crippen LogP contribution in [0.25, 0.3) is 6.08 Å². The first-order chi connectivity index (χ1) is 11.1. The second kappa shape index (κ2) is 11.3. The smallest absolute Gasteiger partial charge is 0.126 e. The molecule has 1 rings (SSSR count). The minimum atomic E-state index is -0.566. The van der Waals surface area contributed by atoms with E-state index in [1.165, 1.54) is 5.56 Å². The van der Waals surface area contributed by atoms with E-state index in [9.17, 15) is 5.11 Å². The molecule has 0 bridgehead atoms. The summed E-state index contributed by atoms with van der Waals surface area (Å²) in [6.45, 7) is 14.6. The van der Waals surface area contributed by atoms with Gasteiger partial charge in [0.25, 0.3) is 0 Å². The predicted octanol–water partition coefficient (Wildman–Crippen LogP) is 6.44. The molecule has 0 atom stereocenters. The van der Waals surface area contributed by atoms with Crippen molar-refractivity contribution < 1.29 is 9.84 Å². The Morgan fingerprint density at radius 2 is 1.71 bits per heavy atom. The number of hydrogen-bond donors (Lipinski definition) is 1. The van der Waals surface area contributed by atoms with Crippen molar-refractivity contribution in [1.29, 1.82) is 0 Å². The molecule has 0 fully saturated rings. The fraction of sp³-hybridized carbons (Fsp3) is 0.636. The first-order valence-electron chi connectivity index (χ1n) is 9.13. The van der Waals surface area contributed by atoms with Crippen LogP contribution in [0.3, 0.4) is 0 Å². The van der Waals surface area contributed by atoms with Crippen molar-refractivity contribution in [2.24, 2.45) is 5.92 Å². The summed E-state index contributed by atoms with van der Waals surface area (Å²) in [4.78, 5) is 0. The number of aliphatic hydroxyl groups is 1. The molecule has 0 unspecified atom stereocenters. The Labute approximate surface area is 149 Å². The van der Waals surface area contributed by atoms with Crippen LogP contribution >= 0.6 is 0 Å². The Kier molecular flexibility index (Phi) is 10.7. The first-order valence-corrected chi connectivity index (χ1v) is 9.13.